The molecule has 0 unspecified atom stereocenters. The van der Waals surface area contributed by atoms with Gasteiger partial charge in [-0.15, -0.1) is 0 Å². The Hall–Kier alpha value is -1.91. The molecular weight excluding hydrogens is 237 g/mol. The van der Waals surface area contributed by atoms with Crippen LogP contribution >= 0.6 is 0 Å². The van der Waals surface area contributed by atoms with E-state index in [9.17, 15) is 14.0 Å². The van der Waals surface area contributed by atoms with Gasteiger partial charge < -0.3 is 5.11 Å². The summed E-state index contributed by atoms with van der Waals surface area (Å²) in [5, 5.41) is 9.06. The average molecular weight is 253 g/mol. The van der Waals surface area contributed by atoms with Crippen molar-refractivity contribution < 1.29 is 19.1 Å². The number of carbonyl (C=O) groups is 2. The van der Waals surface area contributed by atoms with Crippen molar-refractivity contribution in [3.63, 3.8) is 0 Å². The summed E-state index contributed by atoms with van der Waals surface area (Å²) in [7, 11) is 0. The van der Waals surface area contributed by atoms with E-state index in [-0.39, 0.29) is 12.3 Å². The van der Waals surface area contributed by atoms with Gasteiger partial charge in [-0.3, -0.25) is 9.69 Å². The molecule has 0 saturated heterocycles. The van der Waals surface area contributed by atoms with Crippen molar-refractivity contribution in [3.05, 3.63) is 35.6 Å². The fraction of sp³-hybridized carbons (Fsp3) is 0.385. The second-order valence-electron chi connectivity index (χ2n) is 4.97. The van der Waals surface area contributed by atoms with Crippen LogP contribution in [0.25, 0.3) is 0 Å². The van der Waals surface area contributed by atoms with Crippen LogP contribution in [0.15, 0.2) is 24.3 Å². The number of hydrogen-bond acceptors (Lipinski definition) is 2. The quantitative estimate of drug-likeness (QED) is 0.843. The Morgan fingerprint density at radius 3 is 2.11 bits per heavy atom. The van der Waals surface area contributed by atoms with Crippen molar-refractivity contribution in [2.75, 3.05) is 6.54 Å². The Morgan fingerprint density at radius 1 is 1.22 bits per heavy atom. The molecule has 0 aliphatic carbocycles. The molecule has 1 rings (SSSR count). The first-order chi connectivity index (χ1) is 8.21. The molecule has 98 valence electrons. The van der Waals surface area contributed by atoms with E-state index in [0.29, 0.717) is 5.56 Å². The lowest BCUT2D eigenvalue weighted by Crippen LogP contribution is -2.47. The number of carboxylic acid groups (broad SMARTS) is 1. The minimum Gasteiger partial charge on any atom is -0.465 e. The number of ketones is 1. The predicted molar refractivity (Wildman–Crippen MR) is 65.2 cm³/mol. The van der Waals surface area contributed by atoms with Crippen LogP contribution in [0.5, 0.6) is 0 Å². The van der Waals surface area contributed by atoms with E-state index in [1.807, 2.05) is 0 Å². The molecule has 0 heterocycles. The van der Waals surface area contributed by atoms with Crippen molar-refractivity contribution in [1.82, 2.24) is 4.90 Å². The standard InChI is InChI=1S/C13H16FNO3/c1-13(2,3)15(12(17)18)8-11(16)9-4-6-10(14)7-5-9/h4-7H,8H2,1-3H3,(H,17,18). The van der Waals surface area contributed by atoms with E-state index in [0.717, 1.165) is 4.90 Å². The van der Waals surface area contributed by atoms with Gasteiger partial charge in [0, 0.05) is 11.1 Å². The molecule has 1 amide bonds. The van der Waals surface area contributed by atoms with Gasteiger partial charge in [-0.2, -0.15) is 0 Å². The highest BCUT2D eigenvalue weighted by atomic mass is 19.1. The third kappa shape index (κ3) is 3.55. The van der Waals surface area contributed by atoms with Crippen LogP contribution < -0.4 is 0 Å². The number of amides is 1. The van der Waals surface area contributed by atoms with Gasteiger partial charge in [0.1, 0.15) is 5.82 Å². The molecule has 0 aliphatic rings. The normalized spacial score (nSPS) is 11.1. The maximum Gasteiger partial charge on any atom is 0.408 e. The maximum atomic E-state index is 12.7. The molecule has 1 aromatic rings. The highest BCUT2D eigenvalue weighted by molar-refractivity contribution is 5.98. The fourth-order valence-electron chi connectivity index (χ4n) is 1.46. The summed E-state index contributed by atoms with van der Waals surface area (Å²) in [6.07, 6.45) is -1.15. The molecule has 0 saturated carbocycles. The molecule has 0 spiro atoms. The molecule has 0 aromatic heterocycles. The lowest BCUT2D eigenvalue weighted by Gasteiger charge is -2.32. The number of nitrogens with zero attached hydrogens (tertiary/aromatic N) is 1. The molecule has 4 nitrogen and oxygen atoms in total. The highest BCUT2D eigenvalue weighted by Crippen LogP contribution is 2.15. The Morgan fingerprint density at radius 2 is 1.72 bits per heavy atom. The van der Waals surface area contributed by atoms with E-state index < -0.39 is 17.4 Å². The van der Waals surface area contributed by atoms with Crippen LogP contribution in [-0.2, 0) is 0 Å². The zero-order chi connectivity index (χ0) is 13.9. The van der Waals surface area contributed by atoms with Crippen molar-refractivity contribution in [2.24, 2.45) is 0 Å². The number of hydrogen-bond donors (Lipinski definition) is 1. The summed E-state index contributed by atoms with van der Waals surface area (Å²) >= 11 is 0. The van der Waals surface area contributed by atoms with E-state index in [2.05, 4.69) is 0 Å². The number of halogens is 1. The lowest BCUT2D eigenvalue weighted by atomic mass is 10.0. The van der Waals surface area contributed by atoms with Gasteiger partial charge in [-0.25, -0.2) is 9.18 Å². The van der Waals surface area contributed by atoms with E-state index in [1.165, 1.54) is 24.3 Å². The maximum absolute atomic E-state index is 12.7. The van der Waals surface area contributed by atoms with Crippen LogP contribution in [0.4, 0.5) is 9.18 Å². The second-order valence-corrected chi connectivity index (χ2v) is 4.97. The summed E-state index contributed by atoms with van der Waals surface area (Å²) in [5.74, 6) is -0.787. The zero-order valence-corrected chi connectivity index (χ0v) is 10.6. The zero-order valence-electron chi connectivity index (χ0n) is 10.6. The Kier molecular flexibility index (Phi) is 4.06. The first-order valence-corrected chi connectivity index (χ1v) is 5.51. The number of rotatable bonds is 3. The highest BCUT2D eigenvalue weighted by Gasteiger charge is 2.28. The third-order valence-electron chi connectivity index (χ3n) is 2.51. The van der Waals surface area contributed by atoms with Crippen molar-refractivity contribution in [1.29, 1.82) is 0 Å². The van der Waals surface area contributed by atoms with Gasteiger partial charge in [0.25, 0.3) is 0 Å². The second kappa shape index (κ2) is 5.16. The molecule has 5 heteroatoms. The van der Waals surface area contributed by atoms with Gasteiger partial charge in [0.2, 0.25) is 0 Å². The molecule has 0 aliphatic heterocycles. The molecular formula is C13H16FNO3. The molecule has 0 fully saturated rings. The fourth-order valence-corrected chi connectivity index (χ4v) is 1.46. The van der Waals surface area contributed by atoms with Gasteiger partial charge in [-0.05, 0) is 45.0 Å². The molecule has 0 bridgehead atoms. The largest absolute Gasteiger partial charge is 0.465 e. The number of benzene rings is 1. The van der Waals surface area contributed by atoms with Gasteiger partial charge in [0.15, 0.2) is 5.78 Å². The first-order valence-electron chi connectivity index (χ1n) is 5.51. The summed E-state index contributed by atoms with van der Waals surface area (Å²) in [6.45, 7) is 4.88. The Balaban J connectivity index is 2.86. The number of carbonyl (C=O) groups excluding carboxylic acids is 1. The van der Waals surface area contributed by atoms with Crippen molar-refractivity contribution in [2.45, 2.75) is 26.3 Å². The summed E-state index contributed by atoms with van der Waals surface area (Å²) in [6, 6.07) is 5.05. The van der Waals surface area contributed by atoms with E-state index in [1.54, 1.807) is 20.8 Å². The van der Waals surface area contributed by atoms with Crippen LogP contribution in [0.3, 0.4) is 0 Å². The minimum atomic E-state index is -1.15. The SMILES string of the molecule is CC(C)(C)N(CC(=O)c1ccc(F)cc1)C(=O)O. The topological polar surface area (TPSA) is 57.6 Å². The minimum absolute atomic E-state index is 0.246. The summed E-state index contributed by atoms with van der Waals surface area (Å²) in [5.41, 5.74) is -0.367. The Labute approximate surface area is 105 Å². The molecule has 1 aromatic carbocycles. The summed E-state index contributed by atoms with van der Waals surface area (Å²) in [4.78, 5) is 24.0. The smallest absolute Gasteiger partial charge is 0.408 e. The Bertz CT molecular complexity index is 448. The van der Waals surface area contributed by atoms with Crippen molar-refractivity contribution in [3.8, 4) is 0 Å². The molecule has 0 atom stereocenters. The molecule has 0 radical (unpaired) electrons. The van der Waals surface area contributed by atoms with Crippen LogP contribution in [-0.4, -0.2) is 34.0 Å². The van der Waals surface area contributed by atoms with E-state index in [4.69, 9.17) is 5.11 Å². The summed E-state index contributed by atoms with van der Waals surface area (Å²) < 4.78 is 12.7. The van der Waals surface area contributed by atoms with Gasteiger partial charge >= 0.3 is 6.09 Å². The number of Topliss-reactive ketones (excluding diaryl/α,β-unsaturated/α-hetero) is 1. The lowest BCUT2D eigenvalue weighted by molar-refractivity contribution is 0.0766. The predicted octanol–water partition coefficient (Wildman–Crippen LogP) is 2.79. The van der Waals surface area contributed by atoms with Gasteiger partial charge in [-0.1, -0.05) is 0 Å². The molecule has 1 N–H and O–H groups in total. The average Bonchev–Trinajstić information content (AvgIpc) is 2.24. The third-order valence-corrected chi connectivity index (χ3v) is 2.51. The van der Waals surface area contributed by atoms with E-state index >= 15 is 0 Å². The van der Waals surface area contributed by atoms with Crippen LogP contribution in [0.1, 0.15) is 31.1 Å². The van der Waals surface area contributed by atoms with Gasteiger partial charge in [0.05, 0.1) is 6.54 Å². The molecule has 18 heavy (non-hydrogen) atoms. The first kappa shape index (κ1) is 14.2. The van der Waals surface area contributed by atoms with Crippen molar-refractivity contribution >= 4 is 11.9 Å². The van der Waals surface area contributed by atoms with Crippen LogP contribution in [0, 0.1) is 5.82 Å². The monoisotopic (exact) mass is 253 g/mol. The van der Waals surface area contributed by atoms with Crippen LogP contribution in [0.2, 0.25) is 0 Å².